The van der Waals surface area contributed by atoms with E-state index in [-0.39, 0.29) is 18.2 Å². The predicted octanol–water partition coefficient (Wildman–Crippen LogP) is 2.48. The maximum absolute atomic E-state index is 13.1. The van der Waals surface area contributed by atoms with Crippen molar-refractivity contribution < 1.29 is 13.2 Å². The molecule has 1 saturated heterocycles. The Hall–Kier alpha value is -3.23. The molecule has 1 fully saturated rings. The van der Waals surface area contributed by atoms with Gasteiger partial charge in [0, 0.05) is 38.9 Å². The van der Waals surface area contributed by atoms with Gasteiger partial charge in [0.25, 0.3) is 0 Å². The lowest BCUT2D eigenvalue weighted by atomic mass is 9.90. The van der Waals surface area contributed by atoms with Crippen LogP contribution in [0.3, 0.4) is 0 Å². The number of anilines is 1. The molecule has 1 aliphatic heterocycles. The van der Waals surface area contributed by atoms with Crippen LogP contribution in [-0.2, 0) is 14.8 Å². The number of pyridine rings is 1. The Morgan fingerprint density at radius 2 is 1.42 bits per heavy atom. The van der Waals surface area contributed by atoms with Crippen molar-refractivity contribution in [3.8, 4) is 0 Å². The molecule has 1 amide bonds. The molecule has 0 aliphatic carbocycles. The molecule has 1 N–H and O–H groups in total. The molecule has 0 radical (unpaired) electrons. The van der Waals surface area contributed by atoms with Crippen molar-refractivity contribution in [2.24, 2.45) is 0 Å². The topological polar surface area (TPSA) is 82.6 Å². The zero-order valence-corrected chi connectivity index (χ0v) is 19.2. The van der Waals surface area contributed by atoms with Crippen LogP contribution in [0.25, 0.3) is 0 Å². The molecule has 2 aromatic carbocycles. The lowest BCUT2D eigenvalue weighted by molar-refractivity contribution is -0.121. The number of aromatic nitrogens is 1. The summed E-state index contributed by atoms with van der Waals surface area (Å²) >= 11 is 0. The average molecular weight is 465 g/mol. The highest BCUT2D eigenvalue weighted by molar-refractivity contribution is 7.89. The van der Waals surface area contributed by atoms with Crippen LogP contribution in [-0.4, -0.2) is 62.1 Å². The quantitative estimate of drug-likeness (QED) is 0.554. The Labute approximate surface area is 195 Å². The number of sulfonamides is 1. The van der Waals surface area contributed by atoms with E-state index in [1.165, 1.54) is 4.31 Å². The van der Waals surface area contributed by atoms with E-state index in [1.807, 2.05) is 78.9 Å². The third kappa shape index (κ3) is 5.77. The van der Waals surface area contributed by atoms with Gasteiger partial charge in [-0.2, -0.15) is 4.31 Å². The van der Waals surface area contributed by atoms with E-state index in [0.29, 0.717) is 26.2 Å². The number of hydrogen-bond acceptors (Lipinski definition) is 5. The summed E-state index contributed by atoms with van der Waals surface area (Å²) in [5.74, 6) is 0.0350. The number of benzene rings is 2. The van der Waals surface area contributed by atoms with Crippen molar-refractivity contribution in [1.82, 2.24) is 14.6 Å². The van der Waals surface area contributed by atoms with E-state index in [1.54, 1.807) is 6.20 Å². The SMILES string of the molecule is O=C(NCCS(=O)(=O)N1CCN(c2ccccn2)CC1)C(c1ccccc1)c1ccccc1. The first-order chi connectivity index (χ1) is 16.0. The fourth-order valence-electron chi connectivity index (χ4n) is 4.06. The number of carbonyl (C=O) groups excluding carboxylic acids is 1. The standard InChI is InChI=1S/C25H28N4O3S/c30-25(24(21-9-3-1-4-10-21)22-11-5-2-6-12-22)27-15-20-33(31,32)29-18-16-28(17-19-29)23-13-7-8-14-26-23/h1-14,24H,15-20H2,(H,27,30). The van der Waals surface area contributed by atoms with Gasteiger partial charge in [0.15, 0.2) is 0 Å². The third-order valence-corrected chi connectivity index (χ3v) is 7.66. The van der Waals surface area contributed by atoms with Crippen molar-refractivity contribution in [2.45, 2.75) is 5.92 Å². The number of rotatable bonds is 8. The molecular formula is C25H28N4O3S. The monoisotopic (exact) mass is 464 g/mol. The maximum Gasteiger partial charge on any atom is 0.232 e. The van der Waals surface area contributed by atoms with Crippen LogP contribution < -0.4 is 10.2 Å². The van der Waals surface area contributed by atoms with E-state index < -0.39 is 15.9 Å². The summed E-state index contributed by atoms with van der Waals surface area (Å²) in [4.78, 5) is 19.5. The van der Waals surface area contributed by atoms with Crippen LogP contribution in [0, 0.1) is 0 Å². The minimum Gasteiger partial charge on any atom is -0.354 e. The van der Waals surface area contributed by atoms with Crippen LogP contribution in [0.15, 0.2) is 85.1 Å². The summed E-state index contributed by atoms with van der Waals surface area (Å²) in [7, 11) is -3.47. The molecule has 3 aromatic rings. The van der Waals surface area contributed by atoms with Crippen LogP contribution >= 0.6 is 0 Å². The first kappa shape index (κ1) is 22.9. The van der Waals surface area contributed by atoms with E-state index in [4.69, 9.17) is 0 Å². The number of nitrogens with one attached hydrogen (secondary N) is 1. The number of piperazine rings is 1. The van der Waals surface area contributed by atoms with Gasteiger partial charge in [0.2, 0.25) is 15.9 Å². The zero-order chi connectivity index (χ0) is 23.1. The Bertz CT molecular complexity index is 1090. The van der Waals surface area contributed by atoms with Gasteiger partial charge in [-0.05, 0) is 23.3 Å². The lowest BCUT2D eigenvalue weighted by Gasteiger charge is -2.34. The molecule has 8 heteroatoms. The third-order valence-electron chi connectivity index (χ3n) is 5.79. The Balaban J connectivity index is 1.34. The molecule has 0 saturated carbocycles. The van der Waals surface area contributed by atoms with Crippen molar-refractivity contribution in [1.29, 1.82) is 0 Å². The molecule has 1 aliphatic rings. The van der Waals surface area contributed by atoms with Gasteiger partial charge < -0.3 is 10.2 Å². The molecule has 4 rings (SSSR count). The highest BCUT2D eigenvalue weighted by Crippen LogP contribution is 2.24. The summed E-state index contributed by atoms with van der Waals surface area (Å²) in [6.07, 6.45) is 1.74. The molecule has 0 atom stereocenters. The van der Waals surface area contributed by atoms with E-state index in [9.17, 15) is 13.2 Å². The first-order valence-corrected chi connectivity index (χ1v) is 12.7. The average Bonchev–Trinajstić information content (AvgIpc) is 2.86. The van der Waals surface area contributed by atoms with Crippen molar-refractivity contribution in [3.05, 3.63) is 96.2 Å². The number of hydrogen-bond donors (Lipinski definition) is 1. The molecule has 33 heavy (non-hydrogen) atoms. The number of amides is 1. The lowest BCUT2D eigenvalue weighted by Crippen LogP contribution is -2.50. The second kappa shape index (κ2) is 10.6. The first-order valence-electron chi connectivity index (χ1n) is 11.1. The molecule has 0 spiro atoms. The minimum absolute atomic E-state index is 0.0673. The number of carbonyl (C=O) groups is 1. The zero-order valence-electron chi connectivity index (χ0n) is 18.4. The van der Waals surface area contributed by atoms with Gasteiger partial charge in [-0.15, -0.1) is 0 Å². The predicted molar refractivity (Wildman–Crippen MR) is 130 cm³/mol. The molecule has 0 bridgehead atoms. The fourth-order valence-corrected chi connectivity index (χ4v) is 5.39. The van der Waals surface area contributed by atoms with Gasteiger partial charge in [-0.25, -0.2) is 13.4 Å². The van der Waals surface area contributed by atoms with Crippen LogP contribution in [0.5, 0.6) is 0 Å². The summed E-state index contributed by atoms with van der Waals surface area (Å²) in [6, 6.07) is 24.8. The van der Waals surface area contributed by atoms with Crippen molar-refractivity contribution >= 4 is 21.7 Å². The van der Waals surface area contributed by atoms with Gasteiger partial charge in [-0.3, -0.25) is 4.79 Å². The van der Waals surface area contributed by atoms with Crippen LogP contribution in [0.2, 0.25) is 0 Å². The highest BCUT2D eigenvalue weighted by atomic mass is 32.2. The summed E-state index contributed by atoms with van der Waals surface area (Å²) in [5, 5.41) is 2.84. The van der Waals surface area contributed by atoms with Gasteiger partial charge >= 0.3 is 0 Å². The second-order valence-electron chi connectivity index (χ2n) is 7.94. The molecule has 1 aromatic heterocycles. The Morgan fingerprint density at radius 1 is 0.848 bits per heavy atom. The molecule has 2 heterocycles. The smallest absolute Gasteiger partial charge is 0.232 e. The largest absolute Gasteiger partial charge is 0.354 e. The van der Waals surface area contributed by atoms with Crippen molar-refractivity contribution in [3.63, 3.8) is 0 Å². The van der Waals surface area contributed by atoms with E-state index in [2.05, 4.69) is 15.2 Å². The van der Waals surface area contributed by atoms with Crippen molar-refractivity contribution in [2.75, 3.05) is 43.4 Å². The minimum atomic E-state index is -3.47. The molecule has 0 unspecified atom stereocenters. The second-order valence-corrected chi connectivity index (χ2v) is 10.0. The van der Waals surface area contributed by atoms with Crippen LogP contribution in [0.4, 0.5) is 5.82 Å². The molecule has 7 nitrogen and oxygen atoms in total. The Kier molecular flexibility index (Phi) is 7.36. The Morgan fingerprint density at radius 3 is 1.97 bits per heavy atom. The van der Waals surface area contributed by atoms with E-state index >= 15 is 0 Å². The molecular weight excluding hydrogens is 436 g/mol. The van der Waals surface area contributed by atoms with Crippen LogP contribution in [0.1, 0.15) is 17.0 Å². The van der Waals surface area contributed by atoms with E-state index in [0.717, 1.165) is 16.9 Å². The summed E-state index contributed by atoms with van der Waals surface area (Å²) < 4.78 is 27.2. The number of nitrogens with zero attached hydrogens (tertiary/aromatic N) is 3. The summed E-state index contributed by atoms with van der Waals surface area (Å²) in [6.45, 7) is 2.06. The summed E-state index contributed by atoms with van der Waals surface area (Å²) in [5.41, 5.74) is 1.74. The highest BCUT2D eigenvalue weighted by Gasteiger charge is 2.28. The van der Waals surface area contributed by atoms with Gasteiger partial charge in [-0.1, -0.05) is 66.7 Å². The fraction of sp³-hybridized carbons (Fsp3) is 0.280. The maximum atomic E-state index is 13.1. The van der Waals surface area contributed by atoms with Gasteiger partial charge in [0.05, 0.1) is 11.7 Å². The molecule has 172 valence electrons. The normalized spacial score (nSPS) is 14.9. The van der Waals surface area contributed by atoms with Gasteiger partial charge in [0.1, 0.15) is 5.82 Å².